The number of hydrogen-bond acceptors (Lipinski definition) is 3. The Bertz CT molecular complexity index is 169. The van der Waals surface area contributed by atoms with Crippen molar-refractivity contribution in [2.75, 3.05) is 57.8 Å². The molecule has 0 spiro atoms. The zero-order chi connectivity index (χ0) is 11.6. The second-order valence-electron chi connectivity index (χ2n) is 4.34. The van der Waals surface area contributed by atoms with E-state index in [0.29, 0.717) is 0 Å². The Hall–Kier alpha value is 0.360. The van der Waals surface area contributed by atoms with E-state index in [1.165, 1.54) is 39.1 Å². The fourth-order valence-electron chi connectivity index (χ4n) is 2.03. The first-order valence-corrected chi connectivity index (χ1v) is 7.57. The van der Waals surface area contributed by atoms with Crippen molar-refractivity contribution in [2.45, 2.75) is 19.8 Å². The molecule has 1 saturated heterocycles. The summed E-state index contributed by atoms with van der Waals surface area (Å²) in [5.41, 5.74) is 0. The first kappa shape index (κ1) is 14.4. The van der Waals surface area contributed by atoms with Gasteiger partial charge in [0.2, 0.25) is 0 Å². The summed E-state index contributed by atoms with van der Waals surface area (Å²) in [5.74, 6) is 0. The molecular weight excluding hydrogens is 268 g/mol. The SMILES string of the molecule is CCCOCCN1CCCN(CCBr)CC1. The molecule has 4 heteroatoms. The monoisotopic (exact) mass is 292 g/mol. The number of rotatable bonds is 7. The molecular formula is C12H25BrN2O. The van der Waals surface area contributed by atoms with Gasteiger partial charge in [-0.05, 0) is 25.9 Å². The van der Waals surface area contributed by atoms with Gasteiger partial charge in [0.1, 0.15) is 0 Å². The fourth-order valence-corrected chi connectivity index (χ4v) is 2.53. The van der Waals surface area contributed by atoms with Gasteiger partial charge in [0.15, 0.2) is 0 Å². The molecule has 0 radical (unpaired) electrons. The van der Waals surface area contributed by atoms with Crippen LogP contribution in [0.25, 0.3) is 0 Å². The third kappa shape index (κ3) is 6.18. The van der Waals surface area contributed by atoms with E-state index >= 15 is 0 Å². The zero-order valence-electron chi connectivity index (χ0n) is 10.5. The van der Waals surface area contributed by atoms with Gasteiger partial charge in [-0.3, -0.25) is 4.90 Å². The Balaban J connectivity index is 2.10. The van der Waals surface area contributed by atoms with Gasteiger partial charge in [-0.1, -0.05) is 22.9 Å². The second kappa shape index (κ2) is 9.40. The highest BCUT2D eigenvalue weighted by Crippen LogP contribution is 2.03. The van der Waals surface area contributed by atoms with Crippen molar-refractivity contribution in [3.8, 4) is 0 Å². The average molecular weight is 293 g/mol. The third-order valence-corrected chi connectivity index (χ3v) is 3.34. The summed E-state index contributed by atoms with van der Waals surface area (Å²) in [6.45, 7) is 11.1. The van der Waals surface area contributed by atoms with E-state index in [1.54, 1.807) is 0 Å². The molecule has 96 valence electrons. The van der Waals surface area contributed by atoms with Crippen LogP contribution in [0, 0.1) is 0 Å². The molecule has 0 aliphatic carbocycles. The summed E-state index contributed by atoms with van der Waals surface area (Å²) < 4.78 is 5.54. The van der Waals surface area contributed by atoms with Crippen LogP contribution in [-0.2, 0) is 4.74 Å². The van der Waals surface area contributed by atoms with Crippen LogP contribution in [0.3, 0.4) is 0 Å². The molecule has 0 atom stereocenters. The molecule has 0 amide bonds. The van der Waals surface area contributed by atoms with Crippen LogP contribution >= 0.6 is 15.9 Å². The van der Waals surface area contributed by atoms with Crippen LogP contribution in [0.2, 0.25) is 0 Å². The van der Waals surface area contributed by atoms with Crippen molar-refractivity contribution in [3.63, 3.8) is 0 Å². The lowest BCUT2D eigenvalue weighted by molar-refractivity contribution is 0.105. The first-order valence-electron chi connectivity index (χ1n) is 6.45. The maximum Gasteiger partial charge on any atom is 0.0593 e. The summed E-state index contributed by atoms with van der Waals surface area (Å²) in [6, 6.07) is 0. The predicted molar refractivity (Wildman–Crippen MR) is 72.4 cm³/mol. The summed E-state index contributed by atoms with van der Waals surface area (Å²) in [5, 5.41) is 1.09. The van der Waals surface area contributed by atoms with E-state index in [9.17, 15) is 0 Å². The molecule has 0 aromatic rings. The van der Waals surface area contributed by atoms with Crippen LogP contribution < -0.4 is 0 Å². The minimum Gasteiger partial charge on any atom is -0.380 e. The largest absolute Gasteiger partial charge is 0.380 e. The van der Waals surface area contributed by atoms with Crippen LogP contribution in [0.4, 0.5) is 0 Å². The highest BCUT2D eigenvalue weighted by atomic mass is 79.9. The number of nitrogens with zero attached hydrogens (tertiary/aromatic N) is 2. The summed E-state index contributed by atoms with van der Waals surface area (Å²) in [7, 11) is 0. The van der Waals surface area contributed by atoms with Crippen molar-refractivity contribution in [3.05, 3.63) is 0 Å². The molecule has 0 aromatic carbocycles. The molecule has 1 rings (SSSR count). The van der Waals surface area contributed by atoms with Gasteiger partial charge in [0.25, 0.3) is 0 Å². The summed E-state index contributed by atoms with van der Waals surface area (Å²) in [4.78, 5) is 5.07. The van der Waals surface area contributed by atoms with Crippen LogP contribution in [0.15, 0.2) is 0 Å². The predicted octanol–water partition coefficient (Wildman–Crippen LogP) is 1.82. The maximum atomic E-state index is 5.54. The standard InChI is InChI=1S/C12H25BrN2O/c1-2-11-16-12-10-15-6-3-5-14(7-4-13)8-9-15/h2-12H2,1H3. The van der Waals surface area contributed by atoms with Crippen molar-refractivity contribution in [1.29, 1.82) is 0 Å². The lowest BCUT2D eigenvalue weighted by Crippen LogP contribution is -2.33. The molecule has 0 aromatic heterocycles. The highest BCUT2D eigenvalue weighted by molar-refractivity contribution is 9.09. The molecule has 16 heavy (non-hydrogen) atoms. The van der Waals surface area contributed by atoms with Crippen LogP contribution in [0.1, 0.15) is 19.8 Å². The summed E-state index contributed by atoms with van der Waals surface area (Å²) >= 11 is 3.51. The number of ether oxygens (including phenoxy) is 1. The molecule has 0 unspecified atom stereocenters. The van der Waals surface area contributed by atoms with E-state index in [-0.39, 0.29) is 0 Å². The minimum atomic E-state index is 0.895. The lowest BCUT2D eigenvalue weighted by Gasteiger charge is -2.21. The Morgan fingerprint density at radius 3 is 2.31 bits per heavy atom. The molecule has 1 aliphatic heterocycles. The molecule has 0 saturated carbocycles. The van der Waals surface area contributed by atoms with Crippen molar-refractivity contribution >= 4 is 15.9 Å². The number of alkyl halides is 1. The second-order valence-corrected chi connectivity index (χ2v) is 5.13. The Morgan fingerprint density at radius 1 is 1.00 bits per heavy atom. The Kier molecular flexibility index (Phi) is 8.47. The van der Waals surface area contributed by atoms with Gasteiger partial charge in [-0.25, -0.2) is 0 Å². The van der Waals surface area contributed by atoms with Gasteiger partial charge in [-0.2, -0.15) is 0 Å². The van der Waals surface area contributed by atoms with Gasteiger partial charge in [0.05, 0.1) is 6.61 Å². The van der Waals surface area contributed by atoms with Crippen LogP contribution in [-0.4, -0.2) is 67.6 Å². The van der Waals surface area contributed by atoms with Gasteiger partial charge in [-0.15, -0.1) is 0 Å². The van der Waals surface area contributed by atoms with E-state index in [4.69, 9.17) is 4.74 Å². The first-order chi connectivity index (χ1) is 7.86. The quantitative estimate of drug-likeness (QED) is 0.526. The van der Waals surface area contributed by atoms with Crippen molar-refractivity contribution in [1.82, 2.24) is 9.80 Å². The molecule has 1 heterocycles. The molecule has 1 aliphatic rings. The van der Waals surface area contributed by atoms with E-state index < -0.39 is 0 Å². The topological polar surface area (TPSA) is 15.7 Å². The van der Waals surface area contributed by atoms with Crippen molar-refractivity contribution in [2.24, 2.45) is 0 Å². The average Bonchev–Trinajstić information content (AvgIpc) is 2.51. The Labute approximate surface area is 108 Å². The molecule has 0 bridgehead atoms. The van der Waals surface area contributed by atoms with Gasteiger partial charge < -0.3 is 9.64 Å². The molecule has 1 fully saturated rings. The third-order valence-electron chi connectivity index (χ3n) is 2.98. The van der Waals surface area contributed by atoms with Gasteiger partial charge in [0, 0.05) is 38.1 Å². The van der Waals surface area contributed by atoms with Crippen LogP contribution in [0.5, 0.6) is 0 Å². The number of hydrogen-bond donors (Lipinski definition) is 0. The summed E-state index contributed by atoms with van der Waals surface area (Å²) in [6.07, 6.45) is 2.42. The molecule has 0 N–H and O–H groups in total. The van der Waals surface area contributed by atoms with Crippen molar-refractivity contribution < 1.29 is 4.74 Å². The fraction of sp³-hybridized carbons (Fsp3) is 1.00. The number of halogens is 1. The Morgan fingerprint density at radius 2 is 1.69 bits per heavy atom. The van der Waals surface area contributed by atoms with E-state index in [2.05, 4.69) is 32.7 Å². The normalized spacial score (nSPS) is 19.9. The van der Waals surface area contributed by atoms with E-state index in [0.717, 1.165) is 31.5 Å². The van der Waals surface area contributed by atoms with E-state index in [1.807, 2.05) is 0 Å². The lowest BCUT2D eigenvalue weighted by atomic mass is 10.4. The smallest absolute Gasteiger partial charge is 0.0593 e. The highest BCUT2D eigenvalue weighted by Gasteiger charge is 2.13. The minimum absolute atomic E-state index is 0.895. The van der Waals surface area contributed by atoms with Gasteiger partial charge >= 0.3 is 0 Å². The maximum absolute atomic E-state index is 5.54. The molecule has 3 nitrogen and oxygen atoms in total. The zero-order valence-corrected chi connectivity index (χ0v) is 12.0.